The summed E-state index contributed by atoms with van der Waals surface area (Å²) in [4.78, 5) is 13.6. The summed E-state index contributed by atoms with van der Waals surface area (Å²) >= 11 is 0. The molecule has 0 bridgehead atoms. The molecule has 5 nitrogen and oxygen atoms in total. The van der Waals surface area contributed by atoms with E-state index in [1.54, 1.807) is 14.2 Å². The largest absolute Gasteiger partial charge is 0.497 e. The van der Waals surface area contributed by atoms with Gasteiger partial charge in [0.15, 0.2) is 0 Å². The molecule has 2 amide bonds. The van der Waals surface area contributed by atoms with Crippen LogP contribution in [0.4, 0.5) is 14.9 Å². The zero-order chi connectivity index (χ0) is 16.8. The fourth-order valence-electron chi connectivity index (χ4n) is 2.01. The first-order chi connectivity index (χ1) is 11.0. The summed E-state index contributed by atoms with van der Waals surface area (Å²) in [5.74, 6) is 0.219. The lowest BCUT2D eigenvalue weighted by molar-refractivity contribution is 0.220. The maximum absolute atomic E-state index is 13.1. The van der Waals surface area contributed by atoms with Gasteiger partial charge in [0, 0.05) is 13.6 Å². The molecular formula is C17H16FN3O2. The fraction of sp³-hybridized carbons (Fsp3) is 0.176. The lowest BCUT2D eigenvalue weighted by atomic mass is 10.2. The third-order valence-electron chi connectivity index (χ3n) is 3.27. The Bertz CT molecular complexity index is 738. The van der Waals surface area contributed by atoms with Crippen molar-refractivity contribution in [3.8, 4) is 11.8 Å². The highest BCUT2D eigenvalue weighted by Gasteiger charge is 2.12. The zero-order valence-corrected chi connectivity index (χ0v) is 12.8. The number of rotatable bonds is 4. The van der Waals surface area contributed by atoms with Gasteiger partial charge in [-0.3, -0.25) is 0 Å². The van der Waals surface area contributed by atoms with E-state index < -0.39 is 5.82 Å². The lowest BCUT2D eigenvalue weighted by Gasteiger charge is -2.18. The van der Waals surface area contributed by atoms with Gasteiger partial charge in [-0.25, -0.2) is 9.18 Å². The summed E-state index contributed by atoms with van der Waals surface area (Å²) < 4.78 is 18.2. The Hall–Kier alpha value is -3.07. The Morgan fingerprint density at radius 2 is 2.00 bits per heavy atom. The molecule has 6 heteroatoms. The van der Waals surface area contributed by atoms with Crippen LogP contribution in [0.2, 0.25) is 0 Å². The standard InChI is InChI=1S/C17H16FN3O2/c1-21(11-12-3-6-15(23-2)7-4-12)17(22)20-16-8-5-14(18)9-13(16)10-19/h3-9H,11H2,1-2H3,(H,20,22). The van der Waals surface area contributed by atoms with Crippen LogP contribution in [0.3, 0.4) is 0 Å². The lowest BCUT2D eigenvalue weighted by Crippen LogP contribution is -2.31. The maximum Gasteiger partial charge on any atom is 0.321 e. The number of nitrogens with one attached hydrogen (secondary N) is 1. The number of urea groups is 1. The van der Waals surface area contributed by atoms with E-state index in [9.17, 15) is 9.18 Å². The molecule has 0 saturated carbocycles. The number of methoxy groups -OCH3 is 1. The highest BCUT2D eigenvalue weighted by molar-refractivity contribution is 5.90. The Balaban J connectivity index is 2.04. The maximum atomic E-state index is 13.1. The van der Waals surface area contributed by atoms with Crippen molar-refractivity contribution in [3.05, 3.63) is 59.4 Å². The van der Waals surface area contributed by atoms with E-state index in [2.05, 4.69) is 5.32 Å². The number of hydrogen-bond acceptors (Lipinski definition) is 3. The third-order valence-corrected chi connectivity index (χ3v) is 3.27. The van der Waals surface area contributed by atoms with Crippen molar-refractivity contribution in [2.45, 2.75) is 6.54 Å². The molecule has 0 atom stereocenters. The number of hydrogen-bond donors (Lipinski definition) is 1. The molecule has 0 fully saturated rings. The normalized spacial score (nSPS) is 9.83. The number of anilines is 1. The number of halogens is 1. The van der Waals surface area contributed by atoms with Crippen molar-refractivity contribution in [3.63, 3.8) is 0 Å². The minimum atomic E-state index is -0.522. The smallest absolute Gasteiger partial charge is 0.321 e. The van der Waals surface area contributed by atoms with Crippen LogP contribution in [-0.4, -0.2) is 25.1 Å². The van der Waals surface area contributed by atoms with E-state index in [1.807, 2.05) is 30.3 Å². The SMILES string of the molecule is COc1ccc(CN(C)C(=O)Nc2ccc(F)cc2C#N)cc1. The Labute approximate surface area is 133 Å². The van der Waals surface area contributed by atoms with E-state index >= 15 is 0 Å². The average molecular weight is 313 g/mol. The van der Waals surface area contributed by atoms with Crippen molar-refractivity contribution in [2.24, 2.45) is 0 Å². The number of nitriles is 1. The van der Waals surface area contributed by atoms with E-state index in [4.69, 9.17) is 10.00 Å². The first-order valence-corrected chi connectivity index (χ1v) is 6.88. The molecule has 2 aromatic carbocycles. The van der Waals surface area contributed by atoms with Gasteiger partial charge in [0.25, 0.3) is 0 Å². The zero-order valence-electron chi connectivity index (χ0n) is 12.8. The second-order valence-electron chi connectivity index (χ2n) is 4.94. The topological polar surface area (TPSA) is 65.4 Å². The molecule has 1 N–H and O–H groups in total. The van der Waals surface area contributed by atoms with Gasteiger partial charge in [-0.2, -0.15) is 5.26 Å². The van der Waals surface area contributed by atoms with Gasteiger partial charge in [-0.05, 0) is 35.9 Å². The molecule has 0 heterocycles. The minimum absolute atomic E-state index is 0.0798. The van der Waals surface area contributed by atoms with Crippen molar-refractivity contribution in [1.82, 2.24) is 4.90 Å². The van der Waals surface area contributed by atoms with Crippen molar-refractivity contribution in [1.29, 1.82) is 5.26 Å². The van der Waals surface area contributed by atoms with Crippen LogP contribution in [0.5, 0.6) is 5.75 Å². The van der Waals surface area contributed by atoms with Gasteiger partial charge in [0.05, 0.1) is 18.4 Å². The van der Waals surface area contributed by atoms with Crippen LogP contribution in [0.25, 0.3) is 0 Å². The Morgan fingerprint density at radius 3 is 2.61 bits per heavy atom. The molecule has 0 radical (unpaired) electrons. The highest BCUT2D eigenvalue weighted by Crippen LogP contribution is 2.17. The van der Waals surface area contributed by atoms with Gasteiger partial charge in [0.1, 0.15) is 17.6 Å². The van der Waals surface area contributed by atoms with Crippen LogP contribution >= 0.6 is 0 Å². The van der Waals surface area contributed by atoms with E-state index in [0.717, 1.165) is 17.4 Å². The molecule has 0 aliphatic rings. The number of carbonyl (C=O) groups is 1. The molecule has 118 valence electrons. The predicted octanol–water partition coefficient (Wildman–Crippen LogP) is 3.37. The summed E-state index contributed by atoms with van der Waals surface area (Å²) in [5, 5.41) is 11.6. The van der Waals surface area contributed by atoms with Crippen LogP contribution in [0, 0.1) is 17.1 Å². The molecule has 0 aromatic heterocycles. The van der Waals surface area contributed by atoms with Crippen LogP contribution in [0.1, 0.15) is 11.1 Å². The van der Waals surface area contributed by atoms with Crippen LogP contribution in [0.15, 0.2) is 42.5 Å². The summed E-state index contributed by atoms with van der Waals surface area (Å²) in [6.45, 7) is 0.388. The van der Waals surface area contributed by atoms with Crippen LogP contribution < -0.4 is 10.1 Å². The van der Waals surface area contributed by atoms with E-state index in [0.29, 0.717) is 6.54 Å². The highest BCUT2D eigenvalue weighted by atomic mass is 19.1. The first kappa shape index (κ1) is 16.3. The van der Waals surface area contributed by atoms with Crippen molar-refractivity contribution >= 4 is 11.7 Å². The van der Waals surface area contributed by atoms with Crippen LogP contribution in [-0.2, 0) is 6.54 Å². The molecular weight excluding hydrogens is 297 g/mol. The number of benzene rings is 2. The summed E-state index contributed by atoms with van der Waals surface area (Å²) in [5.41, 5.74) is 1.29. The minimum Gasteiger partial charge on any atom is -0.497 e. The van der Waals surface area contributed by atoms with Gasteiger partial charge in [0.2, 0.25) is 0 Å². The molecule has 0 aliphatic carbocycles. The quantitative estimate of drug-likeness (QED) is 0.941. The predicted molar refractivity (Wildman–Crippen MR) is 84.6 cm³/mol. The monoisotopic (exact) mass is 313 g/mol. The summed E-state index contributed by atoms with van der Waals surface area (Å²) in [6, 6.07) is 12.5. The summed E-state index contributed by atoms with van der Waals surface area (Å²) in [7, 11) is 3.22. The summed E-state index contributed by atoms with van der Waals surface area (Å²) in [6.07, 6.45) is 0. The molecule has 23 heavy (non-hydrogen) atoms. The van der Waals surface area contributed by atoms with E-state index in [1.165, 1.54) is 17.0 Å². The average Bonchev–Trinajstić information content (AvgIpc) is 2.57. The second kappa shape index (κ2) is 7.27. The second-order valence-corrected chi connectivity index (χ2v) is 4.94. The van der Waals surface area contributed by atoms with Crippen molar-refractivity contribution in [2.75, 3.05) is 19.5 Å². The molecule has 0 aliphatic heterocycles. The number of ether oxygens (including phenoxy) is 1. The Morgan fingerprint density at radius 1 is 1.30 bits per heavy atom. The number of nitrogens with zero attached hydrogens (tertiary/aromatic N) is 2. The van der Waals surface area contributed by atoms with Gasteiger partial charge in [-0.15, -0.1) is 0 Å². The fourth-order valence-corrected chi connectivity index (χ4v) is 2.01. The van der Waals surface area contributed by atoms with Gasteiger partial charge < -0.3 is 15.0 Å². The first-order valence-electron chi connectivity index (χ1n) is 6.88. The molecule has 0 saturated heterocycles. The molecule has 0 unspecified atom stereocenters. The molecule has 2 aromatic rings. The third kappa shape index (κ3) is 4.20. The number of amides is 2. The number of carbonyl (C=O) groups excluding carboxylic acids is 1. The molecule has 2 rings (SSSR count). The van der Waals surface area contributed by atoms with Crippen molar-refractivity contribution < 1.29 is 13.9 Å². The van der Waals surface area contributed by atoms with Gasteiger partial charge >= 0.3 is 6.03 Å². The molecule has 0 spiro atoms. The van der Waals surface area contributed by atoms with Gasteiger partial charge in [-0.1, -0.05) is 12.1 Å². The van der Waals surface area contributed by atoms with E-state index in [-0.39, 0.29) is 17.3 Å². The Kier molecular flexibility index (Phi) is 5.15.